The highest BCUT2D eigenvalue weighted by Gasteiger charge is 2.25. The van der Waals surface area contributed by atoms with Crippen LogP contribution in [0.5, 0.6) is 0 Å². The highest BCUT2D eigenvalue weighted by atomic mass is 19.1. The van der Waals surface area contributed by atoms with Gasteiger partial charge in [0.1, 0.15) is 23.3 Å². The maximum absolute atomic E-state index is 15.1. The maximum Gasteiger partial charge on any atom is 0.133 e. The Bertz CT molecular complexity index is 1360. The van der Waals surface area contributed by atoms with Crippen LogP contribution in [0, 0.1) is 11.6 Å². The number of aromatic amines is 2. The van der Waals surface area contributed by atoms with Crippen molar-refractivity contribution in [2.45, 2.75) is 45.2 Å². The van der Waals surface area contributed by atoms with E-state index >= 15 is 8.78 Å². The average molecular weight is 505 g/mol. The van der Waals surface area contributed by atoms with Gasteiger partial charge in [0, 0.05) is 11.1 Å². The van der Waals surface area contributed by atoms with Crippen LogP contribution in [-0.2, 0) is 6.54 Å². The predicted octanol–water partition coefficient (Wildman–Crippen LogP) is 6.41. The van der Waals surface area contributed by atoms with E-state index in [4.69, 9.17) is 0 Å². The first-order valence-electron chi connectivity index (χ1n) is 13.0. The molecule has 37 heavy (non-hydrogen) atoms. The highest BCUT2D eigenvalue weighted by Crippen LogP contribution is 2.33. The Kier molecular flexibility index (Phi) is 7.48. The lowest BCUT2D eigenvalue weighted by Gasteiger charge is -2.16. The number of rotatable bonds is 9. The summed E-state index contributed by atoms with van der Waals surface area (Å²) in [5.41, 5.74) is 3.41. The molecule has 1 aliphatic heterocycles. The van der Waals surface area contributed by atoms with Crippen LogP contribution in [0.2, 0.25) is 0 Å². The summed E-state index contributed by atoms with van der Waals surface area (Å²) in [4.78, 5) is 19.9. The van der Waals surface area contributed by atoms with Crippen molar-refractivity contribution in [3.05, 3.63) is 72.1 Å². The van der Waals surface area contributed by atoms with Crippen molar-refractivity contribution in [1.29, 1.82) is 0 Å². The molecule has 4 aromatic rings. The zero-order valence-electron chi connectivity index (χ0n) is 21.7. The molecule has 0 radical (unpaired) electrons. The molecule has 5 rings (SSSR count). The van der Waals surface area contributed by atoms with E-state index in [-0.39, 0.29) is 17.7 Å². The number of hydrogen-bond acceptors (Lipinski definition) is 4. The third-order valence-electron chi connectivity index (χ3n) is 7.22. The summed E-state index contributed by atoms with van der Waals surface area (Å²) in [6.45, 7) is 4.88. The molecule has 8 heteroatoms. The van der Waals surface area contributed by atoms with Crippen LogP contribution in [0.25, 0.3) is 33.6 Å². The topological polar surface area (TPSA) is 63.8 Å². The molecule has 1 aliphatic rings. The van der Waals surface area contributed by atoms with Crippen LogP contribution in [-0.4, -0.2) is 56.9 Å². The molecule has 1 atom stereocenters. The lowest BCUT2D eigenvalue weighted by atomic mass is 10.00. The molecule has 2 aromatic carbocycles. The Morgan fingerprint density at radius 1 is 0.973 bits per heavy atom. The number of benzene rings is 2. The molecule has 194 valence electrons. The molecule has 6 nitrogen and oxygen atoms in total. The van der Waals surface area contributed by atoms with Gasteiger partial charge in [-0.15, -0.1) is 0 Å². The average Bonchev–Trinajstić information content (AvgIpc) is 3.64. The second kappa shape index (κ2) is 10.9. The first kappa shape index (κ1) is 25.3. The molecule has 0 unspecified atom stereocenters. The Hall–Kier alpha value is -3.36. The number of H-pyrrole nitrogens is 2. The highest BCUT2D eigenvalue weighted by molar-refractivity contribution is 5.72. The molecule has 1 saturated heterocycles. The molecule has 1 fully saturated rings. The van der Waals surface area contributed by atoms with Gasteiger partial charge in [0.25, 0.3) is 0 Å². The van der Waals surface area contributed by atoms with Gasteiger partial charge in [0.05, 0.1) is 36.4 Å². The maximum atomic E-state index is 15.1. The minimum Gasteiger partial charge on any atom is -0.341 e. The van der Waals surface area contributed by atoms with Crippen molar-refractivity contribution >= 4 is 0 Å². The van der Waals surface area contributed by atoms with E-state index in [1.807, 2.05) is 12.1 Å². The zero-order valence-corrected chi connectivity index (χ0v) is 21.7. The molecule has 0 bridgehead atoms. The first-order valence-corrected chi connectivity index (χ1v) is 13.0. The van der Waals surface area contributed by atoms with Crippen molar-refractivity contribution in [2.75, 3.05) is 27.2 Å². The lowest BCUT2D eigenvalue weighted by Crippen LogP contribution is -2.19. The van der Waals surface area contributed by atoms with Gasteiger partial charge < -0.3 is 9.97 Å². The standard InChI is InChI=1S/C29H34F2N6/c1-4-5-12-36(2)18-28-32-16-25(34-28)21-10-8-19(14-23(21)30)20-9-11-22(24(31)15-20)26-17-33-29(35-26)27-7-6-13-37(27)3/h8-11,14-17,27H,4-7,12-13,18H2,1-3H3,(H,32,34)(H,33,35)/t27-/m0/s1. The van der Waals surface area contributed by atoms with E-state index in [0.29, 0.717) is 40.2 Å². The van der Waals surface area contributed by atoms with Gasteiger partial charge in [-0.05, 0) is 81.8 Å². The summed E-state index contributed by atoms with van der Waals surface area (Å²) >= 11 is 0. The van der Waals surface area contributed by atoms with E-state index in [0.717, 1.165) is 50.4 Å². The fourth-order valence-corrected chi connectivity index (χ4v) is 5.07. The van der Waals surface area contributed by atoms with E-state index in [1.165, 1.54) is 12.1 Å². The number of imidazole rings is 2. The number of aromatic nitrogens is 4. The third kappa shape index (κ3) is 5.50. The van der Waals surface area contributed by atoms with Gasteiger partial charge in [0.15, 0.2) is 0 Å². The van der Waals surface area contributed by atoms with E-state index in [1.54, 1.807) is 24.5 Å². The quantitative estimate of drug-likeness (QED) is 0.276. The van der Waals surface area contributed by atoms with Crippen LogP contribution in [0.1, 0.15) is 50.3 Å². The van der Waals surface area contributed by atoms with Crippen LogP contribution < -0.4 is 0 Å². The molecule has 2 N–H and O–H groups in total. The number of unbranched alkanes of at least 4 members (excludes halogenated alkanes) is 1. The van der Waals surface area contributed by atoms with Gasteiger partial charge in [-0.3, -0.25) is 9.80 Å². The smallest absolute Gasteiger partial charge is 0.133 e. The molecule has 0 amide bonds. The minimum absolute atomic E-state index is 0.241. The fraction of sp³-hybridized carbons (Fsp3) is 0.379. The Morgan fingerprint density at radius 2 is 1.62 bits per heavy atom. The third-order valence-corrected chi connectivity index (χ3v) is 7.22. The summed E-state index contributed by atoms with van der Waals surface area (Å²) in [5.74, 6) is 0.916. The van der Waals surface area contributed by atoms with Crippen LogP contribution in [0.15, 0.2) is 48.8 Å². The second-order valence-electron chi connectivity index (χ2n) is 10.0. The second-order valence-corrected chi connectivity index (χ2v) is 10.0. The summed E-state index contributed by atoms with van der Waals surface area (Å²) < 4.78 is 30.3. The van der Waals surface area contributed by atoms with E-state index in [2.05, 4.69) is 50.8 Å². The van der Waals surface area contributed by atoms with Crippen LogP contribution >= 0.6 is 0 Å². The van der Waals surface area contributed by atoms with Crippen LogP contribution in [0.3, 0.4) is 0 Å². The summed E-state index contributed by atoms with van der Waals surface area (Å²) in [6, 6.07) is 10.2. The first-order chi connectivity index (χ1) is 17.9. The van der Waals surface area contributed by atoms with Crippen molar-refractivity contribution < 1.29 is 8.78 Å². The normalized spacial score (nSPS) is 16.2. The molecule has 2 aromatic heterocycles. The van der Waals surface area contributed by atoms with Gasteiger partial charge >= 0.3 is 0 Å². The summed E-state index contributed by atoms with van der Waals surface area (Å²) in [7, 11) is 4.13. The molecular weight excluding hydrogens is 470 g/mol. The molecular formula is C29H34F2N6. The number of hydrogen-bond donors (Lipinski definition) is 2. The van der Waals surface area contributed by atoms with E-state index in [9.17, 15) is 0 Å². The largest absolute Gasteiger partial charge is 0.341 e. The van der Waals surface area contributed by atoms with Crippen molar-refractivity contribution in [1.82, 2.24) is 29.7 Å². The lowest BCUT2D eigenvalue weighted by molar-refractivity contribution is 0.307. The Morgan fingerprint density at radius 3 is 2.22 bits per heavy atom. The number of nitrogens with one attached hydrogen (secondary N) is 2. The van der Waals surface area contributed by atoms with Gasteiger partial charge in [-0.2, -0.15) is 0 Å². The zero-order chi connectivity index (χ0) is 25.9. The van der Waals surface area contributed by atoms with Crippen molar-refractivity contribution in [3.63, 3.8) is 0 Å². The van der Waals surface area contributed by atoms with E-state index < -0.39 is 0 Å². The number of nitrogens with zero attached hydrogens (tertiary/aromatic N) is 4. The predicted molar refractivity (Wildman–Crippen MR) is 143 cm³/mol. The number of halogens is 2. The molecule has 0 aliphatic carbocycles. The van der Waals surface area contributed by atoms with Crippen molar-refractivity contribution in [2.24, 2.45) is 0 Å². The van der Waals surface area contributed by atoms with Gasteiger partial charge in [0.2, 0.25) is 0 Å². The minimum atomic E-state index is -0.379. The SMILES string of the molecule is CCCCN(C)Cc1ncc(-c2ccc(-c3ccc(-c4cnc([C@@H]5CCCN5C)[nH]4)c(F)c3)cc2F)[nH]1. The molecule has 3 heterocycles. The van der Waals surface area contributed by atoms with Crippen molar-refractivity contribution in [3.8, 4) is 33.6 Å². The Balaban J connectivity index is 1.32. The summed E-state index contributed by atoms with van der Waals surface area (Å²) in [6.07, 6.45) is 7.80. The monoisotopic (exact) mass is 504 g/mol. The molecule has 0 saturated carbocycles. The van der Waals surface area contributed by atoms with Gasteiger partial charge in [-0.1, -0.05) is 25.5 Å². The Labute approximate surface area is 216 Å². The molecule has 0 spiro atoms. The van der Waals surface area contributed by atoms with Gasteiger partial charge in [-0.25, -0.2) is 18.7 Å². The van der Waals surface area contributed by atoms with Crippen LogP contribution in [0.4, 0.5) is 8.78 Å². The number of likely N-dealkylation sites (tertiary alicyclic amines) is 1. The fourth-order valence-electron chi connectivity index (χ4n) is 5.07. The summed E-state index contributed by atoms with van der Waals surface area (Å²) in [5, 5.41) is 0.